The van der Waals surface area contributed by atoms with Crippen LogP contribution in [0.2, 0.25) is 0 Å². The smallest absolute Gasteiger partial charge is 0.419 e. The summed E-state index contributed by atoms with van der Waals surface area (Å²) in [6.45, 7) is 0.719. The quantitative estimate of drug-likeness (QED) is 0.654. The monoisotopic (exact) mass is 445 g/mol. The van der Waals surface area contributed by atoms with Gasteiger partial charge >= 0.3 is 6.18 Å². The van der Waals surface area contributed by atoms with Crippen LogP contribution in [0.4, 0.5) is 17.6 Å². The van der Waals surface area contributed by atoms with E-state index in [9.17, 15) is 30.8 Å². The van der Waals surface area contributed by atoms with Gasteiger partial charge in [0.25, 0.3) is 0 Å². The fourth-order valence-corrected chi connectivity index (χ4v) is 3.71. The standard InChI is InChI=1S/C20H19F4NO4S/c1-30(27,28)9-7-19(26)25-8-6-13-2-3-15(10-14(13)12-25)29-16-4-5-17(18(21)11-16)20(22,23)24/h2-5,10-11H,6-9,12H2,1H3. The molecule has 10 heteroatoms. The minimum atomic E-state index is -4.79. The van der Waals surface area contributed by atoms with E-state index in [1.54, 1.807) is 23.1 Å². The number of hydrogen-bond acceptors (Lipinski definition) is 4. The molecule has 0 radical (unpaired) electrons. The van der Waals surface area contributed by atoms with E-state index < -0.39 is 27.4 Å². The minimum absolute atomic E-state index is 0.0858. The molecule has 0 bridgehead atoms. The number of carbonyl (C=O) groups excluding carboxylic acids is 1. The first-order valence-electron chi connectivity index (χ1n) is 9.04. The molecule has 0 N–H and O–H groups in total. The number of nitrogens with zero attached hydrogens (tertiary/aromatic N) is 1. The molecule has 0 atom stereocenters. The van der Waals surface area contributed by atoms with E-state index in [1.807, 2.05) is 0 Å². The lowest BCUT2D eigenvalue weighted by molar-refractivity contribution is -0.140. The van der Waals surface area contributed by atoms with Crippen LogP contribution in [-0.4, -0.2) is 37.8 Å². The summed E-state index contributed by atoms with van der Waals surface area (Å²) in [6, 6.07) is 7.36. The number of ether oxygens (including phenoxy) is 1. The zero-order valence-electron chi connectivity index (χ0n) is 16.0. The third-order valence-corrected chi connectivity index (χ3v) is 5.66. The fraction of sp³-hybridized carbons (Fsp3) is 0.350. The summed E-state index contributed by atoms with van der Waals surface area (Å²) in [7, 11) is -3.24. The summed E-state index contributed by atoms with van der Waals surface area (Å²) in [4.78, 5) is 13.8. The molecule has 2 aromatic carbocycles. The van der Waals surface area contributed by atoms with E-state index in [4.69, 9.17) is 4.74 Å². The third-order valence-electron chi connectivity index (χ3n) is 4.71. The summed E-state index contributed by atoms with van der Waals surface area (Å²) < 4.78 is 79.8. The number of rotatable bonds is 5. The summed E-state index contributed by atoms with van der Waals surface area (Å²) in [6.07, 6.45) is -3.24. The highest BCUT2D eigenvalue weighted by atomic mass is 32.2. The van der Waals surface area contributed by atoms with Crippen molar-refractivity contribution in [2.45, 2.75) is 25.6 Å². The van der Waals surface area contributed by atoms with E-state index >= 15 is 0 Å². The Kier molecular flexibility index (Phi) is 6.07. The second kappa shape index (κ2) is 8.25. The number of benzene rings is 2. The average Bonchev–Trinajstić information content (AvgIpc) is 2.64. The Morgan fingerprint density at radius 3 is 2.40 bits per heavy atom. The van der Waals surface area contributed by atoms with Gasteiger partial charge in [0.1, 0.15) is 27.2 Å². The molecule has 0 saturated carbocycles. The van der Waals surface area contributed by atoms with Gasteiger partial charge in [-0.05, 0) is 41.8 Å². The van der Waals surface area contributed by atoms with Gasteiger partial charge in [-0.2, -0.15) is 13.2 Å². The molecule has 1 aliphatic heterocycles. The molecule has 2 aromatic rings. The van der Waals surface area contributed by atoms with Gasteiger partial charge in [-0.15, -0.1) is 0 Å². The second-order valence-electron chi connectivity index (χ2n) is 7.12. The molecule has 0 fully saturated rings. The zero-order valence-corrected chi connectivity index (χ0v) is 16.8. The van der Waals surface area contributed by atoms with Crippen LogP contribution >= 0.6 is 0 Å². The van der Waals surface area contributed by atoms with Crippen LogP contribution in [0.25, 0.3) is 0 Å². The van der Waals surface area contributed by atoms with Crippen LogP contribution in [0.1, 0.15) is 23.1 Å². The maximum atomic E-state index is 13.7. The molecule has 0 spiro atoms. The third kappa shape index (κ3) is 5.50. The molecular weight excluding hydrogens is 426 g/mol. The molecule has 0 unspecified atom stereocenters. The Morgan fingerprint density at radius 2 is 1.77 bits per heavy atom. The first kappa shape index (κ1) is 22.1. The van der Waals surface area contributed by atoms with Crippen LogP contribution in [0.5, 0.6) is 11.5 Å². The number of amides is 1. The van der Waals surface area contributed by atoms with Gasteiger partial charge in [0.05, 0.1) is 11.3 Å². The van der Waals surface area contributed by atoms with Gasteiger partial charge in [-0.3, -0.25) is 4.79 Å². The summed E-state index contributed by atoms with van der Waals surface area (Å²) in [5.41, 5.74) is 0.385. The Morgan fingerprint density at radius 1 is 1.10 bits per heavy atom. The maximum absolute atomic E-state index is 13.7. The average molecular weight is 445 g/mol. The van der Waals surface area contributed by atoms with Crippen molar-refractivity contribution in [3.05, 3.63) is 58.9 Å². The number of halogens is 4. The summed E-state index contributed by atoms with van der Waals surface area (Å²) in [5, 5.41) is 0. The van der Waals surface area contributed by atoms with Crippen molar-refractivity contribution < 1.29 is 35.5 Å². The molecule has 30 heavy (non-hydrogen) atoms. The molecule has 162 valence electrons. The molecule has 1 heterocycles. The molecule has 1 amide bonds. The predicted octanol–water partition coefficient (Wildman–Crippen LogP) is 3.96. The van der Waals surface area contributed by atoms with Gasteiger partial charge in [-0.25, -0.2) is 12.8 Å². The fourth-order valence-electron chi connectivity index (χ4n) is 3.17. The van der Waals surface area contributed by atoms with E-state index in [1.165, 1.54) is 0 Å². The van der Waals surface area contributed by atoms with Crippen molar-refractivity contribution in [1.29, 1.82) is 0 Å². The van der Waals surface area contributed by atoms with E-state index in [0.29, 0.717) is 30.8 Å². The lowest BCUT2D eigenvalue weighted by atomic mass is 9.99. The Balaban J connectivity index is 1.72. The van der Waals surface area contributed by atoms with Gasteiger partial charge in [0.15, 0.2) is 0 Å². The molecule has 5 nitrogen and oxygen atoms in total. The second-order valence-corrected chi connectivity index (χ2v) is 9.38. The van der Waals surface area contributed by atoms with E-state index in [-0.39, 0.29) is 30.4 Å². The Labute approximate surface area is 171 Å². The van der Waals surface area contributed by atoms with Gasteiger partial charge < -0.3 is 9.64 Å². The van der Waals surface area contributed by atoms with Crippen molar-refractivity contribution >= 4 is 15.7 Å². The number of hydrogen-bond donors (Lipinski definition) is 0. The number of sulfone groups is 1. The first-order chi connectivity index (χ1) is 13.9. The topological polar surface area (TPSA) is 63.7 Å². The predicted molar refractivity (Wildman–Crippen MR) is 101 cm³/mol. The highest BCUT2D eigenvalue weighted by Crippen LogP contribution is 2.34. The first-order valence-corrected chi connectivity index (χ1v) is 11.1. The number of alkyl halides is 3. The SMILES string of the molecule is CS(=O)(=O)CCC(=O)N1CCc2ccc(Oc3ccc(C(F)(F)F)c(F)c3)cc2C1. The van der Waals surface area contributed by atoms with Crippen LogP contribution in [0.15, 0.2) is 36.4 Å². The molecule has 0 aliphatic carbocycles. The highest BCUT2D eigenvalue weighted by Gasteiger charge is 2.34. The zero-order chi connectivity index (χ0) is 22.1. The van der Waals surface area contributed by atoms with Gasteiger partial charge in [0.2, 0.25) is 5.91 Å². The van der Waals surface area contributed by atoms with Crippen molar-refractivity contribution in [1.82, 2.24) is 4.90 Å². The normalized spacial score (nSPS) is 14.4. The Hall–Kier alpha value is -2.62. The minimum Gasteiger partial charge on any atom is -0.457 e. The number of carbonyl (C=O) groups is 1. The van der Waals surface area contributed by atoms with Crippen molar-refractivity contribution in [2.75, 3.05) is 18.6 Å². The van der Waals surface area contributed by atoms with Crippen LogP contribution in [0, 0.1) is 5.82 Å². The summed E-state index contributed by atoms with van der Waals surface area (Å²) >= 11 is 0. The lowest BCUT2D eigenvalue weighted by Gasteiger charge is -2.29. The van der Waals surface area contributed by atoms with E-state index in [0.717, 1.165) is 23.4 Å². The number of fused-ring (bicyclic) bond motifs is 1. The van der Waals surface area contributed by atoms with Crippen molar-refractivity contribution in [2.24, 2.45) is 0 Å². The van der Waals surface area contributed by atoms with Crippen LogP contribution in [0.3, 0.4) is 0 Å². The molecule has 0 saturated heterocycles. The van der Waals surface area contributed by atoms with Crippen molar-refractivity contribution in [3.63, 3.8) is 0 Å². The lowest BCUT2D eigenvalue weighted by Crippen LogP contribution is -2.36. The van der Waals surface area contributed by atoms with Crippen LogP contribution in [-0.2, 0) is 33.8 Å². The Bertz CT molecular complexity index is 1070. The molecule has 0 aromatic heterocycles. The van der Waals surface area contributed by atoms with Crippen LogP contribution < -0.4 is 4.74 Å². The van der Waals surface area contributed by atoms with E-state index in [2.05, 4.69) is 0 Å². The van der Waals surface area contributed by atoms with Gasteiger partial charge in [0, 0.05) is 31.8 Å². The summed E-state index contributed by atoms with van der Waals surface area (Å²) in [5.74, 6) is -1.73. The molecular formula is C20H19F4NO4S. The highest BCUT2D eigenvalue weighted by molar-refractivity contribution is 7.90. The maximum Gasteiger partial charge on any atom is 0.419 e. The molecule has 3 rings (SSSR count). The largest absolute Gasteiger partial charge is 0.457 e. The van der Waals surface area contributed by atoms with Crippen molar-refractivity contribution in [3.8, 4) is 11.5 Å². The van der Waals surface area contributed by atoms with Gasteiger partial charge in [-0.1, -0.05) is 6.07 Å². The molecule has 1 aliphatic rings.